The topological polar surface area (TPSA) is 24.9 Å². The van der Waals surface area contributed by atoms with Crippen LogP contribution in [0.5, 0.6) is 0 Å². The van der Waals surface area contributed by atoms with Crippen LogP contribution in [0.2, 0.25) is 0 Å². The molecule has 0 aromatic carbocycles. The molecule has 0 aliphatic heterocycles. The molecule has 2 aromatic heterocycles. The van der Waals surface area contributed by atoms with Gasteiger partial charge in [-0.25, -0.2) is 4.39 Å². The van der Waals surface area contributed by atoms with Crippen LogP contribution in [0.25, 0.3) is 0 Å². The van der Waals surface area contributed by atoms with Gasteiger partial charge in [0.05, 0.1) is 9.98 Å². The molecule has 0 saturated carbocycles. The first-order chi connectivity index (χ1) is 7.74. The van der Waals surface area contributed by atoms with Gasteiger partial charge in [-0.2, -0.15) is 0 Å². The van der Waals surface area contributed by atoms with Gasteiger partial charge in [-0.15, -0.1) is 11.3 Å². The normalized spacial score (nSPS) is 10.6. The van der Waals surface area contributed by atoms with E-state index in [-0.39, 0.29) is 5.82 Å². The minimum absolute atomic E-state index is 0.293. The van der Waals surface area contributed by atoms with Crippen molar-refractivity contribution in [2.24, 2.45) is 0 Å². The largest absolute Gasteiger partial charge is 0.308 e. The summed E-state index contributed by atoms with van der Waals surface area (Å²) in [5.41, 5.74) is 0.857. The predicted octanol–water partition coefficient (Wildman–Crippen LogP) is 3.33. The zero-order valence-electron chi connectivity index (χ0n) is 8.41. The molecule has 0 unspecified atom stereocenters. The van der Waals surface area contributed by atoms with Gasteiger partial charge in [-0.05, 0) is 39.7 Å². The van der Waals surface area contributed by atoms with Crippen molar-refractivity contribution in [3.63, 3.8) is 0 Å². The Morgan fingerprint density at radius 3 is 2.88 bits per heavy atom. The maximum Gasteiger partial charge on any atom is 0.141 e. The second-order valence-corrected chi connectivity index (χ2v) is 5.87. The van der Waals surface area contributed by atoms with Crippen LogP contribution in [-0.2, 0) is 13.1 Å². The van der Waals surface area contributed by atoms with Gasteiger partial charge in [0.15, 0.2) is 0 Å². The van der Waals surface area contributed by atoms with Gasteiger partial charge in [0.2, 0.25) is 0 Å². The van der Waals surface area contributed by atoms with Crippen molar-refractivity contribution in [3.05, 3.63) is 50.6 Å². The summed E-state index contributed by atoms with van der Waals surface area (Å²) < 4.78 is 13.9. The van der Waals surface area contributed by atoms with Crippen LogP contribution in [-0.4, -0.2) is 4.98 Å². The predicted molar refractivity (Wildman–Crippen MR) is 66.8 cm³/mol. The highest BCUT2D eigenvalue weighted by Crippen LogP contribution is 2.21. The molecule has 2 nitrogen and oxygen atoms in total. The van der Waals surface area contributed by atoms with Gasteiger partial charge in [-0.1, -0.05) is 0 Å². The Hall–Kier alpha value is -0.780. The molecule has 0 fully saturated rings. The lowest BCUT2D eigenvalue weighted by molar-refractivity contribution is 0.613. The Morgan fingerprint density at radius 1 is 1.31 bits per heavy atom. The standard InChI is InChI=1S/C11H10BrFN2S/c12-11-2-1-10(16-11)7-15-5-8-3-9(13)6-14-4-8/h1-4,6,15H,5,7H2. The summed E-state index contributed by atoms with van der Waals surface area (Å²) in [6.45, 7) is 1.41. The third-order valence-corrected chi connectivity index (χ3v) is 3.64. The Labute approximate surface area is 106 Å². The van der Waals surface area contributed by atoms with E-state index in [9.17, 15) is 4.39 Å². The van der Waals surface area contributed by atoms with Gasteiger partial charge in [0.25, 0.3) is 0 Å². The van der Waals surface area contributed by atoms with Crippen LogP contribution in [0.1, 0.15) is 10.4 Å². The van der Waals surface area contributed by atoms with Crippen LogP contribution in [0.4, 0.5) is 4.39 Å². The lowest BCUT2D eigenvalue weighted by Gasteiger charge is -2.02. The number of aromatic nitrogens is 1. The van der Waals surface area contributed by atoms with E-state index in [4.69, 9.17) is 0 Å². The van der Waals surface area contributed by atoms with E-state index in [2.05, 4.69) is 32.3 Å². The van der Waals surface area contributed by atoms with E-state index in [1.54, 1.807) is 17.5 Å². The van der Waals surface area contributed by atoms with E-state index >= 15 is 0 Å². The fourth-order valence-electron chi connectivity index (χ4n) is 1.33. The summed E-state index contributed by atoms with van der Waals surface area (Å²) in [5, 5.41) is 3.24. The van der Waals surface area contributed by atoms with Crippen molar-refractivity contribution in [1.82, 2.24) is 10.3 Å². The van der Waals surface area contributed by atoms with Gasteiger partial charge in [0, 0.05) is 24.2 Å². The molecule has 0 aliphatic rings. The second kappa shape index (κ2) is 5.52. The minimum Gasteiger partial charge on any atom is -0.308 e. The molecule has 2 rings (SSSR count). The molecule has 2 aromatic rings. The van der Waals surface area contributed by atoms with Crippen molar-refractivity contribution >= 4 is 27.3 Å². The monoisotopic (exact) mass is 300 g/mol. The molecule has 0 aliphatic carbocycles. The Bertz CT molecular complexity index is 473. The number of hydrogen-bond donors (Lipinski definition) is 1. The molecule has 2 heterocycles. The quantitative estimate of drug-likeness (QED) is 0.937. The molecule has 0 spiro atoms. The molecular formula is C11H10BrFN2S. The number of hydrogen-bond acceptors (Lipinski definition) is 3. The molecule has 0 amide bonds. The summed E-state index contributed by atoms with van der Waals surface area (Å²) in [6, 6.07) is 5.57. The van der Waals surface area contributed by atoms with E-state index in [0.29, 0.717) is 6.54 Å². The zero-order chi connectivity index (χ0) is 11.4. The maximum absolute atomic E-state index is 12.8. The SMILES string of the molecule is Fc1cncc(CNCc2ccc(Br)s2)c1. The Morgan fingerprint density at radius 2 is 2.19 bits per heavy atom. The van der Waals surface area contributed by atoms with Crippen molar-refractivity contribution in [2.75, 3.05) is 0 Å². The highest BCUT2D eigenvalue weighted by atomic mass is 79.9. The van der Waals surface area contributed by atoms with Crippen LogP contribution in [0, 0.1) is 5.82 Å². The zero-order valence-corrected chi connectivity index (χ0v) is 10.8. The number of halogens is 2. The summed E-state index contributed by atoms with van der Waals surface area (Å²) in [6.07, 6.45) is 2.88. The molecule has 84 valence electrons. The van der Waals surface area contributed by atoms with Crippen LogP contribution >= 0.6 is 27.3 Å². The highest BCUT2D eigenvalue weighted by molar-refractivity contribution is 9.11. The number of nitrogens with one attached hydrogen (secondary N) is 1. The van der Waals surface area contributed by atoms with E-state index in [1.165, 1.54) is 17.1 Å². The molecule has 0 bridgehead atoms. The molecular weight excluding hydrogens is 291 g/mol. The fraction of sp³-hybridized carbons (Fsp3) is 0.182. The van der Waals surface area contributed by atoms with Gasteiger partial charge in [-0.3, -0.25) is 4.98 Å². The van der Waals surface area contributed by atoms with Crippen molar-refractivity contribution in [1.29, 1.82) is 0 Å². The van der Waals surface area contributed by atoms with Crippen molar-refractivity contribution in [3.8, 4) is 0 Å². The summed E-state index contributed by atoms with van der Waals surface area (Å²) in [4.78, 5) is 5.04. The Balaban J connectivity index is 1.84. The third kappa shape index (κ3) is 3.37. The first-order valence-electron chi connectivity index (χ1n) is 4.78. The highest BCUT2D eigenvalue weighted by Gasteiger charge is 1.99. The van der Waals surface area contributed by atoms with E-state index in [0.717, 1.165) is 15.9 Å². The first kappa shape index (κ1) is 11.7. The summed E-state index contributed by atoms with van der Waals surface area (Å²) in [5.74, 6) is -0.293. The molecule has 1 N–H and O–H groups in total. The van der Waals surface area contributed by atoms with E-state index < -0.39 is 0 Å². The molecule has 0 saturated heterocycles. The average Bonchev–Trinajstić information content (AvgIpc) is 2.64. The van der Waals surface area contributed by atoms with Crippen molar-refractivity contribution < 1.29 is 4.39 Å². The Kier molecular flexibility index (Phi) is 4.04. The minimum atomic E-state index is -0.293. The van der Waals surface area contributed by atoms with Gasteiger partial charge in [0.1, 0.15) is 5.82 Å². The third-order valence-electron chi connectivity index (χ3n) is 2.02. The van der Waals surface area contributed by atoms with Crippen LogP contribution < -0.4 is 5.32 Å². The smallest absolute Gasteiger partial charge is 0.141 e. The van der Waals surface area contributed by atoms with E-state index in [1.807, 2.05) is 6.07 Å². The van der Waals surface area contributed by atoms with Crippen LogP contribution in [0.3, 0.4) is 0 Å². The number of rotatable bonds is 4. The summed E-state index contributed by atoms with van der Waals surface area (Å²) >= 11 is 5.10. The lowest BCUT2D eigenvalue weighted by atomic mass is 10.3. The first-order valence-corrected chi connectivity index (χ1v) is 6.39. The second-order valence-electron chi connectivity index (χ2n) is 3.32. The number of pyridine rings is 1. The molecule has 16 heavy (non-hydrogen) atoms. The number of nitrogens with zero attached hydrogens (tertiary/aromatic N) is 1. The maximum atomic E-state index is 12.8. The number of thiophene rings is 1. The average molecular weight is 301 g/mol. The molecule has 0 atom stereocenters. The lowest BCUT2D eigenvalue weighted by Crippen LogP contribution is -2.12. The molecule has 0 radical (unpaired) electrons. The summed E-state index contributed by atoms with van der Waals surface area (Å²) in [7, 11) is 0. The molecule has 5 heteroatoms. The van der Waals surface area contributed by atoms with Crippen molar-refractivity contribution in [2.45, 2.75) is 13.1 Å². The van der Waals surface area contributed by atoms with Gasteiger partial charge >= 0.3 is 0 Å². The fourth-order valence-corrected chi connectivity index (χ4v) is 2.78. The van der Waals surface area contributed by atoms with Gasteiger partial charge < -0.3 is 5.32 Å². The van der Waals surface area contributed by atoms with Crippen LogP contribution in [0.15, 0.2) is 34.4 Å².